The molecule has 0 saturated heterocycles. The summed E-state index contributed by atoms with van der Waals surface area (Å²) in [5, 5.41) is 0. The van der Waals surface area contributed by atoms with Gasteiger partial charge in [-0.25, -0.2) is 0 Å². The van der Waals surface area contributed by atoms with Gasteiger partial charge in [0.25, 0.3) is 0 Å². The number of hydrogen-bond donors (Lipinski definition) is 1. The summed E-state index contributed by atoms with van der Waals surface area (Å²) in [5.41, 5.74) is 7.82. The Morgan fingerprint density at radius 3 is 2.78 bits per heavy atom. The average molecular weight is 121 g/mol. The number of nitrogens with two attached hydrogens (primary N) is 1. The van der Waals surface area contributed by atoms with Crippen molar-refractivity contribution in [2.24, 2.45) is 5.73 Å². The lowest BCUT2D eigenvalue weighted by atomic mass is 10.0. The van der Waals surface area contributed by atoms with Gasteiger partial charge in [0.1, 0.15) is 0 Å². The van der Waals surface area contributed by atoms with E-state index < -0.39 is 0 Å². The molecule has 0 radical (unpaired) electrons. The molecule has 1 aliphatic carbocycles. The highest BCUT2D eigenvalue weighted by Gasteiger charge is 1.94. The molecule has 0 spiro atoms. The number of hydrogen-bond acceptors (Lipinski definition) is 1. The maximum atomic E-state index is 5.31. The summed E-state index contributed by atoms with van der Waals surface area (Å²) >= 11 is 0. The van der Waals surface area contributed by atoms with Crippen LogP contribution in [0.4, 0.5) is 0 Å². The highest BCUT2D eigenvalue weighted by molar-refractivity contribution is 5.33. The smallest absolute Gasteiger partial charge is 0.00265 e. The fourth-order valence-electron chi connectivity index (χ4n) is 0.777. The largest absolute Gasteiger partial charge is 0.404 e. The minimum Gasteiger partial charge on any atom is -0.404 e. The molecular formula is C8H11N. The van der Waals surface area contributed by atoms with Crippen LogP contribution < -0.4 is 5.73 Å². The quantitative estimate of drug-likeness (QED) is 0.519. The second-order valence-electron chi connectivity index (χ2n) is 2.23. The zero-order valence-electron chi connectivity index (χ0n) is 5.59. The molecule has 0 amide bonds. The number of rotatable bonds is 0. The second-order valence-corrected chi connectivity index (χ2v) is 2.23. The Morgan fingerprint density at radius 2 is 2.33 bits per heavy atom. The standard InChI is InChI=1S/C8H11N/c1-7-2-4-8(6-9)5-3-7/h2-4,6H,5,9H2,1H3/b8-6-. The van der Waals surface area contributed by atoms with Gasteiger partial charge >= 0.3 is 0 Å². The molecule has 0 bridgehead atoms. The Balaban J connectivity index is 2.70. The topological polar surface area (TPSA) is 26.0 Å². The molecule has 0 aromatic heterocycles. The first kappa shape index (κ1) is 6.14. The Morgan fingerprint density at radius 1 is 1.56 bits per heavy atom. The van der Waals surface area contributed by atoms with Crippen LogP contribution in [0.5, 0.6) is 0 Å². The van der Waals surface area contributed by atoms with Crippen molar-refractivity contribution in [3.63, 3.8) is 0 Å². The molecule has 0 heterocycles. The molecule has 0 saturated carbocycles. The molecule has 1 aliphatic rings. The molecule has 2 N–H and O–H groups in total. The lowest BCUT2D eigenvalue weighted by Gasteiger charge is -2.02. The van der Waals surface area contributed by atoms with Crippen LogP contribution in [0.3, 0.4) is 0 Å². The minimum atomic E-state index is 0.985. The third-order valence-corrected chi connectivity index (χ3v) is 1.43. The highest BCUT2D eigenvalue weighted by Crippen LogP contribution is 2.12. The summed E-state index contributed by atoms with van der Waals surface area (Å²) in [6.45, 7) is 2.09. The van der Waals surface area contributed by atoms with E-state index in [4.69, 9.17) is 5.73 Å². The van der Waals surface area contributed by atoms with Crippen LogP contribution in [0.25, 0.3) is 0 Å². The fraction of sp³-hybridized carbons (Fsp3) is 0.250. The van der Waals surface area contributed by atoms with Crippen LogP contribution in [-0.2, 0) is 0 Å². The van der Waals surface area contributed by atoms with Crippen molar-refractivity contribution in [1.29, 1.82) is 0 Å². The molecule has 1 rings (SSSR count). The van der Waals surface area contributed by atoms with Crippen LogP contribution in [0.2, 0.25) is 0 Å². The van der Waals surface area contributed by atoms with E-state index in [-0.39, 0.29) is 0 Å². The molecule has 0 aromatic carbocycles. The van der Waals surface area contributed by atoms with Gasteiger partial charge < -0.3 is 5.73 Å². The molecule has 1 heteroatoms. The zero-order chi connectivity index (χ0) is 6.69. The lowest BCUT2D eigenvalue weighted by molar-refractivity contribution is 1.20. The van der Waals surface area contributed by atoms with Gasteiger partial charge in [-0.1, -0.05) is 23.8 Å². The van der Waals surface area contributed by atoms with E-state index >= 15 is 0 Å². The van der Waals surface area contributed by atoms with Crippen molar-refractivity contribution >= 4 is 0 Å². The fourth-order valence-corrected chi connectivity index (χ4v) is 0.777. The Labute approximate surface area is 55.6 Å². The molecular weight excluding hydrogens is 110 g/mol. The van der Waals surface area contributed by atoms with E-state index in [0.29, 0.717) is 0 Å². The van der Waals surface area contributed by atoms with E-state index in [0.717, 1.165) is 6.42 Å². The number of allylic oxidation sites excluding steroid dienone is 5. The van der Waals surface area contributed by atoms with E-state index in [2.05, 4.69) is 25.2 Å². The van der Waals surface area contributed by atoms with Crippen molar-refractivity contribution in [1.82, 2.24) is 0 Å². The first-order valence-electron chi connectivity index (χ1n) is 3.08. The summed E-state index contributed by atoms with van der Waals surface area (Å²) in [5.74, 6) is 0. The van der Waals surface area contributed by atoms with Gasteiger partial charge in [0, 0.05) is 0 Å². The summed E-state index contributed by atoms with van der Waals surface area (Å²) < 4.78 is 0. The summed E-state index contributed by atoms with van der Waals surface area (Å²) in [7, 11) is 0. The van der Waals surface area contributed by atoms with Gasteiger partial charge in [-0.2, -0.15) is 0 Å². The second kappa shape index (κ2) is 2.53. The Hall–Kier alpha value is -0.980. The average Bonchev–Trinajstić information content (AvgIpc) is 1.90. The van der Waals surface area contributed by atoms with Crippen molar-refractivity contribution in [3.8, 4) is 0 Å². The minimum absolute atomic E-state index is 0.985. The van der Waals surface area contributed by atoms with Crippen LogP contribution in [-0.4, -0.2) is 0 Å². The van der Waals surface area contributed by atoms with E-state index in [1.54, 1.807) is 6.20 Å². The summed E-state index contributed by atoms with van der Waals surface area (Å²) in [6.07, 6.45) is 8.93. The summed E-state index contributed by atoms with van der Waals surface area (Å²) in [6, 6.07) is 0. The maximum Gasteiger partial charge on any atom is -0.00265 e. The van der Waals surface area contributed by atoms with Gasteiger partial charge in [0.15, 0.2) is 0 Å². The molecule has 0 aliphatic heterocycles. The van der Waals surface area contributed by atoms with Gasteiger partial charge in [-0.3, -0.25) is 0 Å². The van der Waals surface area contributed by atoms with Gasteiger partial charge in [-0.05, 0) is 25.1 Å². The lowest BCUT2D eigenvalue weighted by Crippen LogP contribution is -1.88. The van der Waals surface area contributed by atoms with E-state index in [9.17, 15) is 0 Å². The zero-order valence-corrected chi connectivity index (χ0v) is 5.59. The van der Waals surface area contributed by atoms with Crippen molar-refractivity contribution in [3.05, 3.63) is 35.6 Å². The van der Waals surface area contributed by atoms with E-state index in [1.807, 2.05) is 0 Å². The predicted molar refractivity (Wildman–Crippen MR) is 39.8 cm³/mol. The van der Waals surface area contributed by atoms with Crippen LogP contribution in [0.15, 0.2) is 35.6 Å². The first-order chi connectivity index (χ1) is 4.33. The van der Waals surface area contributed by atoms with E-state index in [1.165, 1.54) is 11.1 Å². The van der Waals surface area contributed by atoms with Crippen LogP contribution >= 0.6 is 0 Å². The third kappa shape index (κ3) is 1.46. The molecule has 1 nitrogen and oxygen atoms in total. The molecule has 9 heavy (non-hydrogen) atoms. The van der Waals surface area contributed by atoms with Gasteiger partial charge in [0.2, 0.25) is 0 Å². The molecule has 48 valence electrons. The maximum absolute atomic E-state index is 5.31. The van der Waals surface area contributed by atoms with Gasteiger partial charge in [0.05, 0.1) is 0 Å². The van der Waals surface area contributed by atoms with Crippen molar-refractivity contribution < 1.29 is 0 Å². The molecule has 0 atom stereocenters. The monoisotopic (exact) mass is 121 g/mol. The van der Waals surface area contributed by atoms with Crippen molar-refractivity contribution in [2.45, 2.75) is 13.3 Å². The Kier molecular flexibility index (Phi) is 1.73. The van der Waals surface area contributed by atoms with Gasteiger partial charge in [-0.15, -0.1) is 0 Å². The molecule has 0 unspecified atom stereocenters. The summed E-state index contributed by atoms with van der Waals surface area (Å²) in [4.78, 5) is 0. The van der Waals surface area contributed by atoms with Crippen LogP contribution in [0.1, 0.15) is 13.3 Å². The normalized spacial score (nSPS) is 22.3. The first-order valence-corrected chi connectivity index (χ1v) is 3.08. The molecule has 0 aromatic rings. The molecule has 0 fully saturated rings. The Bertz CT molecular complexity index is 185. The highest BCUT2D eigenvalue weighted by atomic mass is 14.5. The van der Waals surface area contributed by atoms with Crippen LogP contribution in [0, 0.1) is 0 Å². The van der Waals surface area contributed by atoms with Crippen molar-refractivity contribution in [2.75, 3.05) is 0 Å². The SMILES string of the molecule is CC1=CC/C(=C\N)C=C1. The third-order valence-electron chi connectivity index (χ3n) is 1.43. The predicted octanol–water partition coefficient (Wildman–Crippen LogP) is 1.74.